The van der Waals surface area contributed by atoms with Crippen molar-refractivity contribution in [3.05, 3.63) is 146 Å². The van der Waals surface area contributed by atoms with Crippen LogP contribution in [0.4, 0.5) is 22.7 Å². The maximum Gasteiger partial charge on any atom is 0.131 e. The summed E-state index contributed by atoms with van der Waals surface area (Å²) in [7, 11) is 0. The van der Waals surface area contributed by atoms with Gasteiger partial charge in [0.25, 0.3) is 0 Å². The summed E-state index contributed by atoms with van der Waals surface area (Å²) in [5, 5.41) is 0. The first-order valence-electron chi connectivity index (χ1n) is 13.7. The first-order valence-corrected chi connectivity index (χ1v) is 13.7. The zero-order chi connectivity index (χ0) is 30.7. The zero-order valence-electron chi connectivity index (χ0n) is 23.8. The lowest BCUT2D eigenvalue weighted by Gasteiger charge is -2.09. The third-order valence-corrected chi connectivity index (χ3v) is 6.07. The first kappa shape index (κ1) is 29.2. The van der Waals surface area contributed by atoms with E-state index in [-0.39, 0.29) is 0 Å². The van der Waals surface area contributed by atoms with Crippen molar-refractivity contribution in [2.24, 2.45) is 0 Å². The molecule has 8 heteroatoms. The van der Waals surface area contributed by atoms with Crippen LogP contribution in [0.5, 0.6) is 46.0 Å². The maximum absolute atomic E-state index is 5.78. The van der Waals surface area contributed by atoms with Gasteiger partial charge >= 0.3 is 0 Å². The van der Waals surface area contributed by atoms with Crippen LogP contribution in [0.1, 0.15) is 0 Å². The topological polar surface area (TPSA) is 141 Å². The van der Waals surface area contributed by atoms with E-state index in [2.05, 4.69) is 0 Å². The maximum atomic E-state index is 5.78. The number of ether oxygens (including phenoxy) is 4. The molecule has 0 unspecified atom stereocenters. The summed E-state index contributed by atoms with van der Waals surface area (Å²) in [6.07, 6.45) is 0. The van der Waals surface area contributed by atoms with E-state index in [0.717, 1.165) is 23.0 Å². The predicted octanol–water partition coefficient (Wildman–Crippen LogP) is 8.87. The molecule has 44 heavy (non-hydrogen) atoms. The second-order valence-corrected chi connectivity index (χ2v) is 9.63. The van der Waals surface area contributed by atoms with Crippen molar-refractivity contribution in [2.45, 2.75) is 0 Å². The Balaban J connectivity index is 0.000000175. The van der Waals surface area contributed by atoms with Crippen molar-refractivity contribution in [1.82, 2.24) is 0 Å². The number of nitrogens with two attached hydrogens (primary N) is 4. The van der Waals surface area contributed by atoms with Crippen molar-refractivity contribution in [1.29, 1.82) is 0 Å². The zero-order valence-corrected chi connectivity index (χ0v) is 23.8. The summed E-state index contributed by atoms with van der Waals surface area (Å²) in [5.74, 6) is 5.65. The highest BCUT2D eigenvalue weighted by Crippen LogP contribution is 2.30. The lowest BCUT2D eigenvalue weighted by atomic mass is 10.3. The van der Waals surface area contributed by atoms with Gasteiger partial charge in [-0.25, -0.2) is 0 Å². The van der Waals surface area contributed by atoms with Crippen LogP contribution in [0, 0.1) is 0 Å². The number of anilines is 4. The summed E-state index contributed by atoms with van der Waals surface area (Å²) in [5.41, 5.74) is 25.4. The summed E-state index contributed by atoms with van der Waals surface area (Å²) < 4.78 is 23.1. The Morgan fingerprint density at radius 3 is 0.659 bits per heavy atom. The molecule has 0 bridgehead atoms. The molecule has 6 aromatic rings. The molecule has 0 spiro atoms. The Bertz CT molecular complexity index is 1510. The quantitative estimate of drug-likeness (QED) is 0.130. The Morgan fingerprint density at radius 1 is 0.250 bits per heavy atom. The van der Waals surface area contributed by atoms with E-state index < -0.39 is 0 Å². The Kier molecular flexibility index (Phi) is 9.34. The molecule has 6 rings (SSSR count). The highest BCUT2D eigenvalue weighted by atomic mass is 16.5. The smallest absolute Gasteiger partial charge is 0.131 e. The van der Waals surface area contributed by atoms with Crippen LogP contribution < -0.4 is 41.9 Å². The fourth-order valence-corrected chi connectivity index (χ4v) is 3.89. The summed E-state index contributed by atoms with van der Waals surface area (Å²) in [4.78, 5) is 0. The lowest BCUT2D eigenvalue weighted by Crippen LogP contribution is -1.89. The third kappa shape index (κ3) is 8.86. The molecule has 0 saturated carbocycles. The van der Waals surface area contributed by atoms with Gasteiger partial charge in [0, 0.05) is 34.9 Å². The average Bonchev–Trinajstić information content (AvgIpc) is 3.03. The molecule has 0 amide bonds. The molecule has 0 atom stereocenters. The van der Waals surface area contributed by atoms with Crippen molar-refractivity contribution in [3.63, 3.8) is 0 Å². The molecule has 0 aromatic heterocycles. The van der Waals surface area contributed by atoms with Crippen LogP contribution in [-0.4, -0.2) is 0 Å². The minimum atomic E-state index is 0.692. The molecule has 8 nitrogen and oxygen atoms in total. The van der Waals surface area contributed by atoms with Crippen molar-refractivity contribution in [3.8, 4) is 46.0 Å². The highest BCUT2D eigenvalue weighted by molar-refractivity contribution is 5.47. The van der Waals surface area contributed by atoms with Crippen LogP contribution >= 0.6 is 0 Å². The van der Waals surface area contributed by atoms with Crippen LogP contribution in [-0.2, 0) is 0 Å². The Hall–Kier alpha value is -6.28. The highest BCUT2D eigenvalue weighted by Gasteiger charge is 2.03. The van der Waals surface area contributed by atoms with Crippen molar-refractivity contribution < 1.29 is 18.9 Å². The lowest BCUT2D eigenvalue weighted by molar-refractivity contribution is 0.460. The average molecular weight is 585 g/mol. The van der Waals surface area contributed by atoms with Gasteiger partial charge in [0.2, 0.25) is 0 Å². The number of benzene rings is 6. The fourth-order valence-electron chi connectivity index (χ4n) is 3.89. The molecule has 0 heterocycles. The van der Waals surface area contributed by atoms with Gasteiger partial charge in [-0.3, -0.25) is 0 Å². The van der Waals surface area contributed by atoms with Gasteiger partial charge < -0.3 is 41.9 Å². The Labute approximate surface area is 256 Å². The SMILES string of the molecule is Nc1ccc(Oc2cccc(Oc3ccc(N)cc3)c2)cc1.Nc1ccc(Oc2cccc(Oc3ccc(N)cc3)c2)cc1. The van der Waals surface area contributed by atoms with E-state index in [1.54, 1.807) is 48.5 Å². The van der Waals surface area contributed by atoms with Crippen LogP contribution in [0.25, 0.3) is 0 Å². The van der Waals surface area contributed by atoms with Gasteiger partial charge in [-0.05, 0) is 121 Å². The Morgan fingerprint density at radius 2 is 0.455 bits per heavy atom. The van der Waals surface area contributed by atoms with E-state index in [4.69, 9.17) is 41.9 Å². The molecule has 0 aliphatic heterocycles. The molecule has 0 aliphatic carbocycles. The second-order valence-electron chi connectivity index (χ2n) is 9.63. The van der Waals surface area contributed by atoms with E-state index in [9.17, 15) is 0 Å². The van der Waals surface area contributed by atoms with E-state index in [1.807, 2.05) is 97.1 Å². The minimum Gasteiger partial charge on any atom is -0.457 e. The van der Waals surface area contributed by atoms with Gasteiger partial charge in [-0.1, -0.05) is 12.1 Å². The molecule has 0 fully saturated rings. The minimum absolute atomic E-state index is 0.692. The molecular weight excluding hydrogens is 552 g/mol. The van der Waals surface area contributed by atoms with Crippen LogP contribution in [0.15, 0.2) is 146 Å². The first-order chi connectivity index (χ1) is 21.4. The van der Waals surface area contributed by atoms with Gasteiger partial charge in [-0.15, -0.1) is 0 Å². The molecule has 0 aliphatic rings. The molecular formula is C36H32N4O4. The summed E-state index contributed by atoms with van der Waals surface area (Å²) in [6, 6.07) is 43.8. The number of hydrogen-bond donors (Lipinski definition) is 4. The van der Waals surface area contributed by atoms with Crippen LogP contribution in [0.2, 0.25) is 0 Å². The van der Waals surface area contributed by atoms with Gasteiger partial charge in [0.15, 0.2) is 0 Å². The van der Waals surface area contributed by atoms with Gasteiger partial charge in [0.05, 0.1) is 0 Å². The number of rotatable bonds is 8. The molecule has 8 N–H and O–H groups in total. The second kappa shape index (κ2) is 14.1. The number of nitrogen functional groups attached to an aromatic ring is 4. The van der Waals surface area contributed by atoms with Crippen molar-refractivity contribution in [2.75, 3.05) is 22.9 Å². The third-order valence-electron chi connectivity index (χ3n) is 6.07. The van der Waals surface area contributed by atoms with E-state index >= 15 is 0 Å². The van der Waals surface area contributed by atoms with Gasteiger partial charge in [-0.2, -0.15) is 0 Å². The predicted molar refractivity (Wildman–Crippen MR) is 177 cm³/mol. The molecule has 6 aromatic carbocycles. The monoisotopic (exact) mass is 584 g/mol. The van der Waals surface area contributed by atoms with Crippen molar-refractivity contribution >= 4 is 22.7 Å². The van der Waals surface area contributed by atoms with E-state index in [0.29, 0.717) is 45.7 Å². The van der Waals surface area contributed by atoms with Crippen LogP contribution in [0.3, 0.4) is 0 Å². The summed E-state index contributed by atoms with van der Waals surface area (Å²) >= 11 is 0. The van der Waals surface area contributed by atoms with E-state index in [1.165, 1.54) is 0 Å². The molecule has 0 saturated heterocycles. The largest absolute Gasteiger partial charge is 0.457 e. The number of hydrogen-bond acceptors (Lipinski definition) is 8. The van der Waals surface area contributed by atoms with Gasteiger partial charge in [0.1, 0.15) is 46.0 Å². The molecule has 0 radical (unpaired) electrons. The normalized spacial score (nSPS) is 10.2. The summed E-state index contributed by atoms with van der Waals surface area (Å²) in [6.45, 7) is 0. The fraction of sp³-hybridized carbons (Fsp3) is 0. The standard InChI is InChI=1S/2C18H16N2O2/c2*19-13-4-8-15(9-5-13)21-17-2-1-3-18(12-17)22-16-10-6-14(20)7-11-16/h2*1-12H,19-20H2. The molecule has 220 valence electrons.